The molecule has 2 rings (SSSR count). The third-order valence-electron chi connectivity index (χ3n) is 3.54. The zero-order valence-corrected chi connectivity index (χ0v) is 13.0. The van der Waals surface area contributed by atoms with Crippen molar-refractivity contribution in [2.75, 3.05) is 6.61 Å². The van der Waals surface area contributed by atoms with Gasteiger partial charge in [-0.1, -0.05) is 12.8 Å². The van der Waals surface area contributed by atoms with Gasteiger partial charge >= 0.3 is 0 Å². The lowest BCUT2D eigenvalue weighted by Crippen LogP contribution is -2.35. The largest absolute Gasteiger partial charge is 0.493 e. The predicted molar refractivity (Wildman–Crippen MR) is 82.5 cm³/mol. The van der Waals surface area contributed by atoms with E-state index < -0.39 is 0 Å². The molecule has 5 nitrogen and oxygen atoms in total. The van der Waals surface area contributed by atoms with Crippen molar-refractivity contribution in [2.45, 2.75) is 52.1 Å². The molecule has 0 aromatic heterocycles. The first kappa shape index (κ1) is 15.8. The van der Waals surface area contributed by atoms with Gasteiger partial charge in [-0.25, -0.2) is 0 Å². The first-order valence-corrected chi connectivity index (χ1v) is 7.50. The SMILES string of the molecule is CC(C)(C)NCc1cc([N+](=O)[O-])ccc1OCCC1CC1. The van der Waals surface area contributed by atoms with E-state index in [1.54, 1.807) is 12.1 Å². The molecule has 1 aromatic rings. The summed E-state index contributed by atoms with van der Waals surface area (Å²) >= 11 is 0. The summed E-state index contributed by atoms with van der Waals surface area (Å²) in [5, 5.41) is 14.3. The van der Waals surface area contributed by atoms with Crippen molar-refractivity contribution in [3.8, 4) is 5.75 Å². The number of nitro benzene ring substituents is 1. The van der Waals surface area contributed by atoms with Crippen LogP contribution in [0.5, 0.6) is 5.75 Å². The van der Waals surface area contributed by atoms with Crippen LogP contribution in [0, 0.1) is 16.0 Å². The number of nitro groups is 1. The molecule has 5 heteroatoms. The zero-order chi connectivity index (χ0) is 15.5. The smallest absolute Gasteiger partial charge is 0.270 e. The lowest BCUT2D eigenvalue weighted by atomic mass is 10.1. The van der Waals surface area contributed by atoms with Crippen LogP contribution in [0.1, 0.15) is 45.6 Å². The van der Waals surface area contributed by atoms with E-state index in [4.69, 9.17) is 4.74 Å². The molecule has 0 atom stereocenters. The van der Waals surface area contributed by atoms with Gasteiger partial charge in [0.05, 0.1) is 11.5 Å². The summed E-state index contributed by atoms with van der Waals surface area (Å²) in [4.78, 5) is 10.6. The number of nitrogens with one attached hydrogen (secondary N) is 1. The predicted octanol–water partition coefficient (Wildman–Crippen LogP) is 3.66. The Balaban J connectivity index is 2.06. The Kier molecular flexibility index (Phi) is 4.83. The Hall–Kier alpha value is -1.62. The van der Waals surface area contributed by atoms with Crippen LogP contribution in [0.15, 0.2) is 18.2 Å². The summed E-state index contributed by atoms with van der Waals surface area (Å²) < 4.78 is 5.83. The highest BCUT2D eigenvalue weighted by Gasteiger charge is 2.21. The zero-order valence-electron chi connectivity index (χ0n) is 13.0. The first-order chi connectivity index (χ1) is 9.85. The molecule has 0 saturated heterocycles. The molecule has 0 heterocycles. The normalized spacial score (nSPS) is 15.0. The standard InChI is InChI=1S/C16H24N2O3/c1-16(2,3)17-11-13-10-14(18(19)20)6-7-15(13)21-9-8-12-4-5-12/h6-7,10,12,17H,4-5,8-9,11H2,1-3H3. The molecule has 0 bridgehead atoms. The van der Waals surface area contributed by atoms with Gasteiger partial charge in [-0.3, -0.25) is 10.1 Å². The number of nitrogens with zero attached hydrogens (tertiary/aromatic N) is 1. The van der Waals surface area contributed by atoms with Gasteiger partial charge in [0.2, 0.25) is 0 Å². The molecular formula is C16H24N2O3. The van der Waals surface area contributed by atoms with Crippen LogP contribution in [0.25, 0.3) is 0 Å². The lowest BCUT2D eigenvalue weighted by Gasteiger charge is -2.21. The summed E-state index contributed by atoms with van der Waals surface area (Å²) in [6, 6.07) is 4.82. The molecular weight excluding hydrogens is 268 g/mol. The number of rotatable bonds is 7. The molecule has 0 aliphatic heterocycles. The van der Waals surface area contributed by atoms with Gasteiger partial charge in [0, 0.05) is 29.8 Å². The maximum absolute atomic E-state index is 10.9. The van der Waals surface area contributed by atoms with Crippen LogP contribution in [-0.2, 0) is 6.54 Å². The van der Waals surface area contributed by atoms with Gasteiger partial charge in [0.25, 0.3) is 5.69 Å². The minimum absolute atomic E-state index is 0.0457. The summed E-state index contributed by atoms with van der Waals surface area (Å²) in [7, 11) is 0. The van der Waals surface area contributed by atoms with E-state index >= 15 is 0 Å². The van der Waals surface area contributed by atoms with E-state index in [-0.39, 0.29) is 16.1 Å². The Morgan fingerprint density at radius 2 is 2.10 bits per heavy atom. The van der Waals surface area contributed by atoms with Crippen molar-refractivity contribution in [3.05, 3.63) is 33.9 Å². The summed E-state index contributed by atoms with van der Waals surface area (Å²) in [5.41, 5.74) is 0.904. The van der Waals surface area contributed by atoms with Crippen molar-refractivity contribution >= 4 is 5.69 Å². The van der Waals surface area contributed by atoms with Crippen molar-refractivity contribution in [1.29, 1.82) is 0 Å². The molecule has 21 heavy (non-hydrogen) atoms. The maximum Gasteiger partial charge on any atom is 0.270 e. The molecule has 1 saturated carbocycles. The van der Waals surface area contributed by atoms with Crippen LogP contribution in [0.3, 0.4) is 0 Å². The van der Waals surface area contributed by atoms with Crippen LogP contribution in [0.4, 0.5) is 5.69 Å². The molecule has 1 aromatic carbocycles. The van der Waals surface area contributed by atoms with Gasteiger partial charge in [0.15, 0.2) is 0 Å². The molecule has 1 aliphatic carbocycles. The van der Waals surface area contributed by atoms with Crippen LogP contribution in [-0.4, -0.2) is 17.1 Å². The quantitative estimate of drug-likeness (QED) is 0.615. The third kappa shape index (κ3) is 5.34. The molecule has 0 radical (unpaired) electrons. The number of benzene rings is 1. The van der Waals surface area contributed by atoms with E-state index in [1.165, 1.54) is 18.9 Å². The lowest BCUT2D eigenvalue weighted by molar-refractivity contribution is -0.384. The minimum Gasteiger partial charge on any atom is -0.493 e. The highest BCUT2D eigenvalue weighted by molar-refractivity contribution is 5.43. The number of hydrogen-bond donors (Lipinski definition) is 1. The van der Waals surface area contributed by atoms with Crippen molar-refractivity contribution in [3.63, 3.8) is 0 Å². The third-order valence-corrected chi connectivity index (χ3v) is 3.54. The monoisotopic (exact) mass is 292 g/mol. The van der Waals surface area contributed by atoms with Crippen LogP contribution in [0.2, 0.25) is 0 Å². The summed E-state index contributed by atoms with van der Waals surface area (Å²) in [5.74, 6) is 1.57. The van der Waals surface area contributed by atoms with E-state index in [2.05, 4.69) is 26.1 Å². The second kappa shape index (κ2) is 6.43. The minimum atomic E-state index is -0.367. The van der Waals surface area contributed by atoms with Crippen molar-refractivity contribution < 1.29 is 9.66 Å². The average molecular weight is 292 g/mol. The molecule has 1 fully saturated rings. The molecule has 0 amide bonds. The highest BCUT2D eigenvalue weighted by atomic mass is 16.6. The van der Waals surface area contributed by atoms with Gasteiger partial charge in [0.1, 0.15) is 5.75 Å². The van der Waals surface area contributed by atoms with Gasteiger partial charge < -0.3 is 10.1 Å². The second-order valence-electron chi connectivity index (χ2n) is 6.73. The van der Waals surface area contributed by atoms with Crippen molar-refractivity contribution in [1.82, 2.24) is 5.32 Å². The highest BCUT2D eigenvalue weighted by Crippen LogP contribution is 2.33. The summed E-state index contributed by atoms with van der Waals surface area (Å²) in [6.45, 7) is 7.45. The average Bonchev–Trinajstić information content (AvgIpc) is 3.20. The van der Waals surface area contributed by atoms with Gasteiger partial charge in [-0.15, -0.1) is 0 Å². The second-order valence-corrected chi connectivity index (χ2v) is 6.73. The van der Waals surface area contributed by atoms with Crippen LogP contribution < -0.4 is 10.1 Å². The maximum atomic E-state index is 10.9. The fourth-order valence-corrected chi connectivity index (χ4v) is 2.06. The Labute approximate surface area is 125 Å². The molecule has 1 aliphatic rings. The van der Waals surface area contributed by atoms with E-state index in [0.29, 0.717) is 13.2 Å². The van der Waals surface area contributed by atoms with E-state index in [0.717, 1.165) is 23.7 Å². The topological polar surface area (TPSA) is 64.4 Å². The Bertz CT molecular complexity index is 505. The van der Waals surface area contributed by atoms with E-state index in [9.17, 15) is 10.1 Å². The van der Waals surface area contributed by atoms with Gasteiger partial charge in [-0.05, 0) is 39.2 Å². The Morgan fingerprint density at radius 1 is 1.38 bits per heavy atom. The fourth-order valence-electron chi connectivity index (χ4n) is 2.06. The summed E-state index contributed by atoms with van der Waals surface area (Å²) in [6.07, 6.45) is 3.69. The molecule has 0 unspecified atom stereocenters. The number of ether oxygens (including phenoxy) is 1. The van der Waals surface area contributed by atoms with E-state index in [1.807, 2.05) is 0 Å². The fraction of sp³-hybridized carbons (Fsp3) is 0.625. The van der Waals surface area contributed by atoms with Gasteiger partial charge in [-0.2, -0.15) is 0 Å². The molecule has 1 N–H and O–H groups in total. The Morgan fingerprint density at radius 3 is 2.67 bits per heavy atom. The number of non-ortho nitro benzene ring substituents is 1. The number of hydrogen-bond acceptors (Lipinski definition) is 4. The van der Waals surface area contributed by atoms with Crippen LogP contribution >= 0.6 is 0 Å². The first-order valence-electron chi connectivity index (χ1n) is 7.50. The van der Waals surface area contributed by atoms with Crippen molar-refractivity contribution in [2.24, 2.45) is 5.92 Å². The molecule has 0 spiro atoms. The molecule has 116 valence electrons.